The van der Waals surface area contributed by atoms with Crippen molar-refractivity contribution in [3.8, 4) is 0 Å². The van der Waals surface area contributed by atoms with E-state index in [1.165, 1.54) is 11.8 Å². The van der Waals surface area contributed by atoms with Crippen molar-refractivity contribution >= 4 is 12.4 Å². The van der Waals surface area contributed by atoms with E-state index in [0.717, 1.165) is 0 Å². The van der Waals surface area contributed by atoms with E-state index in [1.807, 2.05) is 6.92 Å². The highest BCUT2D eigenvalue weighted by Gasteiger charge is 1.99. The fourth-order valence-electron chi connectivity index (χ4n) is 0.568. The van der Waals surface area contributed by atoms with Gasteiger partial charge < -0.3 is 9.64 Å². The van der Waals surface area contributed by atoms with Gasteiger partial charge in [0, 0.05) is 13.5 Å². The Labute approximate surface area is 66.1 Å². The molecule has 4 nitrogen and oxygen atoms in total. The van der Waals surface area contributed by atoms with Crippen LogP contribution in [-0.4, -0.2) is 37.0 Å². The molecule has 0 aliphatic carbocycles. The number of hydrogen-bond donors (Lipinski definition) is 0. The number of carbonyl (C=O) groups is 1. The van der Waals surface area contributed by atoms with Gasteiger partial charge in [-0.3, -0.25) is 9.59 Å². The van der Waals surface area contributed by atoms with Crippen molar-refractivity contribution in [1.82, 2.24) is 4.90 Å². The molecule has 63 valence electrons. The van der Waals surface area contributed by atoms with Gasteiger partial charge in [0.05, 0.1) is 6.54 Å². The van der Waals surface area contributed by atoms with Crippen LogP contribution < -0.4 is 0 Å². The minimum Gasteiger partial charge on any atom is -0.464 e. The first-order chi connectivity index (χ1) is 5.20. The van der Waals surface area contributed by atoms with Crippen LogP contribution in [0.4, 0.5) is 0 Å². The summed E-state index contributed by atoms with van der Waals surface area (Å²) >= 11 is 0. The lowest BCUT2D eigenvalue weighted by atomic mass is 10.5. The van der Waals surface area contributed by atoms with Gasteiger partial charge in [0.2, 0.25) is 0 Å². The molecule has 0 aromatic heterocycles. The van der Waals surface area contributed by atoms with E-state index in [4.69, 9.17) is 0 Å². The quantitative estimate of drug-likeness (QED) is 0.416. The molecule has 0 aromatic rings. The first-order valence-electron chi connectivity index (χ1n) is 3.46. The molecule has 0 saturated carbocycles. The maximum absolute atomic E-state index is 10.3. The van der Waals surface area contributed by atoms with Gasteiger partial charge in [-0.15, -0.1) is 0 Å². The zero-order chi connectivity index (χ0) is 8.69. The van der Waals surface area contributed by atoms with Crippen LogP contribution in [0.1, 0.15) is 13.8 Å². The third-order valence-electron chi connectivity index (χ3n) is 1.18. The number of esters is 1. The number of carbonyl (C=O) groups excluding carboxylic acids is 2. The Morgan fingerprint density at radius 1 is 1.64 bits per heavy atom. The molecule has 0 aliphatic rings. The molecule has 1 radical (unpaired) electrons. The molecule has 0 N–H and O–H groups in total. The summed E-state index contributed by atoms with van der Waals surface area (Å²) in [7, 11) is 0. The van der Waals surface area contributed by atoms with Crippen LogP contribution in [-0.2, 0) is 14.3 Å². The number of nitrogens with zero attached hydrogens (tertiary/aromatic N) is 1. The first kappa shape index (κ1) is 9.94. The summed E-state index contributed by atoms with van der Waals surface area (Å²) in [5.41, 5.74) is 0. The maximum atomic E-state index is 10.3. The lowest BCUT2D eigenvalue weighted by Crippen LogP contribution is -2.26. The Kier molecular flexibility index (Phi) is 5.15. The highest BCUT2D eigenvalue weighted by molar-refractivity contribution is 5.65. The maximum Gasteiger partial charge on any atom is 0.312 e. The highest BCUT2D eigenvalue weighted by Crippen LogP contribution is 1.83. The molecule has 0 bridgehead atoms. The molecule has 0 fully saturated rings. The molecule has 0 aliphatic heterocycles. The average Bonchev–Trinajstić information content (AvgIpc) is 1.98. The number of likely N-dealkylation sites (N-methyl/N-ethyl adjacent to an activating group) is 1. The summed E-state index contributed by atoms with van der Waals surface area (Å²) < 4.78 is 4.62. The summed E-state index contributed by atoms with van der Waals surface area (Å²) in [5.74, 6) is -0.327. The smallest absolute Gasteiger partial charge is 0.312 e. The van der Waals surface area contributed by atoms with Crippen LogP contribution in [0.2, 0.25) is 0 Å². The fraction of sp³-hybridized carbons (Fsp3) is 0.714. The van der Waals surface area contributed by atoms with Gasteiger partial charge in [0.15, 0.2) is 0 Å². The number of ether oxygens (including phenoxy) is 1. The van der Waals surface area contributed by atoms with Crippen molar-refractivity contribution in [2.75, 3.05) is 19.7 Å². The summed E-state index contributed by atoms with van der Waals surface area (Å²) in [6.07, 6.45) is 1.72. The Balaban J connectivity index is 3.35. The Hall–Kier alpha value is -1.06. The molecule has 0 rings (SSSR count). The van der Waals surface area contributed by atoms with Crippen molar-refractivity contribution in [1.29, 1.82) is 0 Å². The molecule has 0 heterocycles. The minimum absolute atomic E-state index is 0.248. The second-order valence-electron chi connectivity index (χ2n) is 2.01. The third-order valence-corrected chi connectivity index (χ3v) is 1.18. The SMILES string of the molecule is CCN([C]=O)CCOC(C)=O. The van der Waals surface area contributed by atoms with Crippen LogP contribution >= 0.6 is 0 Å². The van der Waals surface area contributed by atoms with Gasteiger partial charge >= 0.3 is 12.4 Å². The Morgan fingerprint density at radius 2 is 2.27 bits per heavy atom. The zero-order valence-electron chi connectivity index (χ0n) is 6.79. The second kappa shape index (κ2) is 5.70. The van der Waals surface area contributed by atoms with E-state index in [0.29, 0.717) is 13.1 Å². The monoisotopic (exact) mass is 158 g/mol. The minimum atomic E-state index is -0.327. The van der Waals surface area contributed by atoms with Gasteiger partial charge in [0.1, 0.15) is 6.61 Å². The van der Waals surface area contributed by atoms with Gasteiger partial charge in [-0.1, -0.05) is 0 Å². The molecular formula is C7H12NO3. The first-order valence-corrected chi connectivity index (χ1v) is 3.46. The van der Waals surface area contributed by atoms with E-state index >= 15 is 0 Å². The van der Waals surface area contributed by atoms with E-state index in [2.05, 4.69) is 4.74 Å². The molecule has 0 spiro atoms. The van der Waals surface area contributed by atoms with Gasteiger partial charge in [-0.25, -0.2) is 0 Å². The van der Waals surface area contributed by atoms with E-state index in [-0.39, 0.29) is 12.6 Å². The number of hydrogen-bond acceptors (Lipinski definition) is 3. The van der Waals surface area contributed by atoms with Crippen molar-refractivity contribution in [3.05, 3.63) is 0 Å². The largest absolute Gasteiger partial charge is 0.464 e. The molecule has 0 aromatic carbocycles. The molecule has 0 unspecified atom stereocenters. The fourth-order valence-corrected chi connectivity index (χ4v) is 0.568. The van der Waals surface area contributed by atoms with Crippen molar-refractivity contribution < 1.29 is 14.3 Å². The standard InChI is InChI=1S/C7H12NO3/c1-3-8(6-9)4-5-11-7(2)10/h3-5H2,1-2H3. The predicted molar refractivity (Wildman–Crippen MR) is 39.6 cm³/mol. The van der Waals surface area contributed by atoms with Gasteiger partial charge in [0.25, 0.3) is 0 Å². The molecule has 1 amide bonds. The van der Waals surface area contributed by atoms with Crippen LogP contribution in [0.5, 0.6) is 0 Å². The second-order valence-corrected chi connectivity index (χ2v) is 2.01. The summed E-state index contributed by atoms with van der Waals surface area (Å²) in [6.45, 7) is 4.42. The summed E-state index contributed by atoms with van der Waals surface area (Å²) in [6, 6.07) is 0. The lowest BCUT2D eigenvalue weighted by molar-refractivity contribution is -0.141. The van der Waals surface area contributed by atoms with E-state index in [9.17, 15) is 9.59 Å². The Bertz CT molecular complexity index is 136. The van der Waals surface area contributed by atoms with E-state index < -0.39 is 0 Å². The molecule has 0 saturated heterocycles. The average molecular weight is 158 g/mol. The summed E-state index contributed by atoms with van der Waals surface area (Å²) in [5, 5.41) is 0. The summed E-state index contributed by atoms with van der Waals surface area (Å²) in [4.78, 5) is 21.7. The molecule has 11 heavy (non-hydrogen) atoms. The van der Waals surface area contributed by atoms with E-state index in [1.54, 1.807) is 6.41 Å². The van der Waals surface area contributed by atoms with Crippen LogP contribution in [0.3, 0.4) is 0 Å². The van der Waals surface area contributed by atoms with Gasteiger partial charge in [-0.05, 0) is 6.92 Å². The third kappa shape index (κ3) is 5.39. The van der Waals surface area contributed by atoms with Crippen molar-refractivity contribution in [3.63, 3.8) is 0 Å². The van der Waals surface area contributed by atoms with Crippen LogP contribution in [0.25, 0.3) is 0 Å². The highest BCUT2D eigenvalue weighted by atomic mass is 16.5. The molecule has 4 heteroatoms. The van der Waals surface area contributed by atoms with Crippen LogP contribution in [0.15, 0.2) is 0 Å². The Morgan fingerprint density at radius 3 is 2.64 bits per heavy atom. The molecule has 0 atom stereocenters. The van der Waals surface area contributed by atoms with Crippen molar-refractivity contribution in [2.45, 2.75) is 13.8 Å². The topological polar surface area (TPSA) is 46.6 Å². The van der Waals surface area contributed by atoms with Crippen LogP contribution in [0, 0.1) is 0 Å². The number of amides is 1. The zero-order valence-corrected chi connectivity index (χ0v) is 6.79. The molecular weight excluding hydrogens is 146 g/mol. The normalized spacial score (nSPS) is 8.91. The number of rotatable bonds is 5. The van der Waals surface area contributed by atoms with Gasteiger partial charge in [-0.2, -0.15) is 0 Å². The predicted octanol–water partition coefficient (Wildman–Crippen LogP) is -0.0614. The van der Waals surface area contributed by atoms with Crippen molar-refractivity contribution in [2.24, 2.45) is 0 Å². The lowest BCUT2D eigenvalue weighted by Gasteiger charge is -2.12.